The highest BCUT2D eigenvalue weighted by molar-refractivity contribution is 5.62. The molecule has 0 saturated carbocycles. The number of benzene rings is 1. The van der Waals surface area contributed by atoms with Crippen molar-refractivity contribution in [3.8, 4) is 11.5 Å². The SMILES string of the molecule is CC.Cc1c(C)c2c(c(C)c1O)C(C=CC(C)(C)C)C(C)(C)O2. The maximum absolute atomic E-state index is 10.4. The highest BCUT2D eigenvalue weighted by Gasteiger charge is 2.42. The van der Waals surface area contributed by atoms with Gasteiger partial charge in [0, 0.05) is 11.5 Å². The summed E-state index contributed by atoms with van der Waals surface area (Å²) in [5.74, 6) is 1.52. The molecule has 0 bridgehead atoms. The zero-order chi connectivity index (χ0) is 18.2. The number of allylic oxidation sites excluding steroid dienone is 1. The predicted molar refractivity (Wildman–Crippen MR) is 99.7 cm³/mol. The first-order valence-corrected chi connectivity index (χ1v) is 8.66. The highest BCUT2D eigenvalue weighted by atomic mass is 16.5. The summed E-state index contributed by atoms with van der Waals surface area (Å²) in [5.41, 5.74) is 3.90. The molecule has 1 unspecified atom stereocenters. The van der Waals surface area contributed by atoms with Crippen molar-refractivity contribution in [3.63, 3.8) is 0 Å². The van der Waals surface area contributed by atoms with Gasteiger partial charge in [0.2, 0.25) is 0 Å². The number of rotatable bonds is 1. The van der Waals surface area contributed by atoms with E-state index >= 15 is 0 Å². The Morgan fingerprint density at radius 1 is 1.00 bits per heavy atom. The molecule has 0 aliphatic carbocycles. The Hall–Kier alpha value is -1.44. The smallest absolute Gasteiger partial charge is 0.127 e. The standard InChI is InChI=1S/C19H28O2.C2H6/c1-11-12(2)17-15(13(3)16(11)20)14(19(7,8)21-17)9-10-18(4,5)6;1-2/h9-10,14,20H,1-8H3;1-2H3. The number of phenols is 1. The number of hydrogen-bond donors (Lipinski definition) is 1. The van der Waals surface area contributed by atoms with E-state index in [4.69, 9.17) is 4.74 Å². The van der Waals surface area contributed by atoms with Crippen LogP contribution in [0.15, 0.2) is 12.2 Å². The van der Waals surface area contributed by atoms with E-state index in [1.807, 2.05) is 34.6 Å². The van der Waals surface area contributed by atoms with Gasteiger partial charge in [0.05, 0.1) is 0 Å². The van der Waals surface area contributed by atoms with Crippen molar-refractivity contribution in [2.45, 2.75) is 80.8 Å². The van der Waals surface area contributed by atoms with Gasteiger partial charge in [-0.15, -0.1) is 0 Å². The Kier molecular flexibility index (Phi) is 5.61. The average Bonchev–Trinajstić information content (AvgIpc) is 2.73. The van der Waals surface area contributed by atoms with Crippen molar-refractivity contribution in [3.05, 3.63) is 34.4 Å². The van der Waals surface area contributed by atoms with Gasteiger partial charge in [-0.3, -0.25) is 0 Å². The summed E-state index contributed by atoms with van der Waals surface area (Å²) >= 11 is 0. The molecule has 2 nitrogen and oxygen atoms in total. The van der Waals surface area contributed by atoms with Crippen molar-refractivity contribution in [1.82, 2.24) is 0 Å². The topological polar surface area (TPSA) is 29.5 Å². The van der Waals surface area contributed by atoms with Crippen molar-refractivity contribution in [1.29, 1.82) is 0 Å². The maximum atomic E-state index is 10.4. The zero-order valence-corrected chi connectivity index (χ0v) is 16.6. The molecule has 1 aromatic rings. The van der Waals surface area contributed by atoms with Crippen LogP contribution in [0.2, 0.25) is 0 Å². The Morgan fingerprint density at radius 2 is 1.52 bits per heavy atom. The molecule has 1 aliphatic rings. The molecule has 2 rings (SSSR count). The molecule has 1 N–H and O–H groups in total. The number of hydrogen-bond acceptors (Lipinski definition) is 2. The molecule has 1 aliphatic heterocycles. The number of ether oxygens (including phenoxy) is 1. The minimum atomic E-state index is -0.292. The van der Waals surface area contributed by atoms with Crippen LogP contribution in [0.4, 0.5) is 0 Å². The second-order valence-corrected chi connectivity index (χ2v) is 7.87. The molecule has 130 valence electrons. The van der Waals surface area contributed by atoms with E-state index in [-0.39, 0.29) is 16.9 Å². The average molecular weight is 319 g/mol. The molecular formula is C21H34O2. The third kappa shape index (κ3) is 3.73. The van der Waals surface area contributed by atoms with Crippen LogP contribution in [0, 0.1) is 26.2 Å². The summed E-state index contributed by atoms with van der Waals surface area (Å²) in [6.07, 6.45) is 4.48. The summed E-state index contributed by atoms with van der Waals surface area (Å²) in [6, 6.07) is 0. The fraction of sp³-hybridized carbons (Fsp3) is 0.619. The molecule has 0 aromatic heterocycles. The van der Waals surface area contributed by atoms with Gasteiger partial charge in [-0.1, -0.05) is 46.8 Å². The molecule has 0 fully saturated rings. The fourth-order valence-corrected chi connectivity index (χ4v) is 3.02. The van der Waals surface area contributed by atoms with Gasteiger partial charge in [-0.25, -0.2) is 0 Å². The lowest BCUT2D eigenvalue weighted by Crippen LogP contribution is -2.29. The van der Waals surface area contributed by atoms with E-state index in [1.54, 1.807) is 0 Å². The summed E-state index contributed by atoms with van der Waals surface area (Å²) in [4.78, 5) is 0. The second-order valence-electron chi connectivity index (χ2n) is 7.87. The monoisotopic (exact) mass is 318 g/mol. The Morgan fingerprint density at radius 3 is 2.00 bits per heavy atom. The number of aromatic hydroxyl groups is 1. The van der Waals surface area contributed by atoms with Crippen LogP contribution in [-0.4, -0.2) is 10.7 Å². The van der Waals surface area contributed by atoms with Crippen molar-refractivity contribution < 1.29 is 9.84 Å². The van der Waals surface area contributed by atoms with Gasteiger partial charge >= 0.3 is 0 Å². The zero-order valence-electron chi connectivity index (χ0n) is 16.6. The number of fused-ring (bicyclic) bond motifs is 1. The van der Waals surface area contributed by atoms with E-state index in [1.165, 1.54) is 0 Å². The molecule has 1 atom stereocenters. The first kappa shape index (κ1) is 19.6. The van der Waals surface area contributed by atoms with E-state index < -0.39 is 0 Å². The normalized spacial score (nSPS) is 19.1. The lowest BCUT2D eigenvalue weighted by Gasteiger charge is -2.25. The van der Waals surface area contributed by atoms with Gasteiger partial charge < -0.3 is 9.84 Å². The molecule has 0 amide bonds. The number of phenolic OH excluding ortho intramolecular Hbond substituents is 1. The molecule has 0 saturated heterocycles. The lowest BCUT2D eigenvalue weighted by molar-refractivity contribution is 0.123. The van der Waals surface area contributed by atoms with Crippen LogP contribution in [0.25, 0.3) is 0 Å². The van der Waals surface area contributed by atoms with Crippen molar-refractivity contribution in [2.75, 3.05) is 0 Å². The Labute approximate surface area is 142 Å². The van der Waals surface area contributed by atoms with Crippen molar-refractivity contribution >= 4 is 0 Å². The van der Waals surface area contributed by atoms with E-state index in [0.29, 0.717) is 5.75 Å². The summed E-state index contributed by atoms with van der Waals surface area (Å²) < 4.78 is 6.26. The quantitative estimate of drug-likeness (QED) is 0.625. The molecule has 0 spiro atoms. The lowest BCUT2D eigenvalue weighted by atomic mass is 9.81. The summed E-state index contributed by atoms with van der Waals surface area (Å²) in [5, 5.41) is 10.4. The van der Waals surface area contributed by atoms with Gasteiger partial charge in [0.15, 0.2) is 0 Å². The molecule has 1 heterocycles. The highest BCUT2D eigenvalue weighted by Crippen LogP contribution is 2.52. The van der Waals surface area contributed by atoms with E-state index in [0.717, 1.165) is 28.0 Å². The largest absolute Gasteiger partial charge is 0.507 e. The minimum Gasteiger partial charge on any atom is -0.507 e. The van der Waals surface area contributed by atoms with E-state index in [9.17, 15) is 5.11 Å². The van der Waals surface area contributed by atoms with Crippen LogP contribution in [-0.2, 0) is 0 Å². The Balaban J connectivity index is 0.00000127. The second kappa shape index (κ2) is 6.59. The Bertz CT molecular complexity index is 601. The summed E-state index contributed by atoms with van der Waals surface area (Å²) in [7, 11) is 0. The van der Waals surface area contributed by atoms with Crippen molar-refractivity contribution in [2.24, 2.45) is 5.41 Å². The van der Waals surface area contributed by atoms with Gasteiger partial charge in [0.1, 0.15) is 17.1 Å². The molecular weight excluding hydrogens is 284 g/mol. The third-order valence-corrected chi connectivity index (χ3v) is 4.48. The molecule has 1 aromatic carbocycles. The van der Waals surface area contributed by atoms with E-state index in [2.05, 4.69) is 46.8 Å². The van der Waals surface area contributed by atoms with Crippen LogP contribution in [0.3, 0.4) is 0 Å². The third-order valence-electron chi connectivity index (χ3n) is 4.48. The first-order chi connectivity index (χ1) is 10.5. The van der Waals surface area contributed by atoms with Gasteiger partial charge in [0.25, 0.3) is 0 Å². The molecule has 0 radical (unpaired) electrons. The first-order valence-electron chi connectivity index (χ1n) is 8.66. The maximum Gasteiger partial charge on any atom is 0.127 e. The van der Waals surface area contributed by atoms with Crippen LogP contribution >= 0.6 is 0 Å². The van der Waals surface area contributed by atoms with Gasteiger partial charge in [-0.05, 0) is 56.7 Å². The van der Waals surface area contributed by atoms with Crippen LogP contribution in [0.5, 0.6) is 11.5 Å². The molecule has 23 heavy (non-hydrogen) atoms. The molecule has 2 heteroatoms. The minimum absolute atomic E-state index is 0.133. The predicted octanol–water partition coefficient (Wildman–Crippen LogP) is 6.20. The fourth-order valence-electron chi connectivity index (χ4n) is 3.02. The van der Waals surface area contributed by atoms with Gasteiger partial charge in [-0.2, -0.15) is 0 Å². The van der Waals surface area contributed by atoms with Crippen LogP contribution in [0.1, 0.15) is 76.6 Å². The summed E-state index contributed by atoms with van der Waals surface area (Å²) in [6.45, 7) is 20.8. The van der Waals surface area contributed by atoms with Crippen LogP contribution < -0.4 is 4.74 Å².